The molecule has 1 heterocycles. The summed E-state index contributed by atoms with van der Waals surface area (Å²) in [5.74, 6) is 0.0363. The van der Waals surface area contributed by atoms with Crippen LogP contribution in [0.2, 0.25) is 0 Å². The van der Waals surface area contributed by atoms with Gasteiger partial charge in [-0.2, -0.15) is 5.10 Å². The fraction of sp³-hybridized carbons (Fsp3) is 0.600. The second-order valence-corrected chi connectivity index (χ2v) is 4.01. The third-order valence-corrected chi connectivity index (χ3v) is 1.88. The molecule has 0 aliphatic rings. The molecule has 0 radical (unpaired) electrons. The molecular weight excluding hydrogens is 192 g/mol. The lowest BCUT2D eigenvalue weighted by atomic mass is 10.4. The van der Waals surface area contributed by atoms with Gasteiger partial charge in [0.05, 0.1) is 11.9 Å². The number of carbonyl (C=O) groups excluding carboxylic acids is 1. The van der Waals surface area contributed by atoms with Gasteiger partial charge in [-0.3, -0.25) is 9.48 Å². The lowest BCUT2D eigenvalue weighted by Gasteiger charge is -2.09. The van der Waals surface area contributed by atoms with Crippen LogP contribution in [0.15, 0.2) is 12.4 Å². The van der Waals surface area contributed by atoms with E-state index < -0.39 is 0 Å². The van der Waals surface area contributed by atoms with Crippen molar-refractivity contribution in [2.45, 2.75) is 26.4 Å². The Hall–Kier alpha value is -1.52. The Morgan fingerprint density at radius 2 is 2.27 bits per heavy atom. The first kappa shape index (κ1) is 11.6. The van der Waals surface area contributed by atoms with Gasteiger partial charge < -0.3 is 10.2 Å². The van der Waals surface area contributed by atoms with Crippen molar-refractivity contribution in [2.75, 3.05) is 19.4 Å². The van der Waals surface area contributed by atoms with Crippen LogP contribution < -0.4 is 5.32 Å². The molecule has 84 valence electrons. The monoisotopic (exact) mass is 210 g/mol. The lowest BCUT2D eigenvalue weighted by Crippen LogP contribution is -2.26. The Labute approximate surface area is 90.1 Å². The molecule has 0 aliphatic carbocycles. The topological polar surface area (TPSA) is 50.2 Å². The van der Waals surface area contributed by atoms with E-state index in [1.54, 1.807) is 29.9 Å². The molecule has 0 aliphatic heterocycles. The van der Waals surface area contributed by atoms with Crippen molar-refractivity contribution in [1.29, 1.82) is 0 Å². The summed E-state index contributed by atoms with van der Waals surface area (Å²) in [5.41, 5.74) is 0.941. The molecule has 0 saturated carbocycles. The van der Waals surface area contributed by atoms with E-state index in [4.69, 9.17) is 0 Å². The second-order valence-electron chi connectivity index (χ2n) is 4.01. The molecule has 0 atom stereocenters. The van der Waals surface area contributed by atoms with Crippen LogP contribution in [0.5, 0.6) is 0 Å². The Morgan fingerprint density at radius 3 is 2.80 bits per heavy atom. The van der Waals surface area contributed by atoms with E-state index in [-0.39, 0.29) is 12.5 Å². The normalized spacial score (nSPS) is 10.5. The van der Waals surface area contributed by atoms with Crippen LogP contribution in [0.1, 0.15) is 13.8 Å². The molecule has 5 nitrogen and oxygen atoms in total. The van der Waals surface area contributed by atoms with Crippen molar-refractivity contribution in [1.82, 2.24) is 14.7 Å². The second kappa shape index (κ2) is 4.82. The Morgan fingerprint density at radius 1 is 1.60 bits per heavy atom. The number of nitrogens with zero attached hydrogens (tertiary/aromatic N) is 3. The third kappa shape index (κ3) is 3.61. The molecule has 15 heavy (non-hydrogen) atoms. The van der Waals surface area contributed by atoms with Gasteiger partial charge in [-0.1, -0.05) is 0 Å². The minimum absolute atomic E-state index is 0.0363. The Balaban J connectivity index is 2.56. The zero-order valence-electron chi connectivity index (χ0n) is 9.69. The summed E-state index contributed by atoms with van der Waals surface area (Å²) < 4.78 is 1.63. The van der Waals surface area contributed by atoms with Crippen LogP contribution in [-0.2, 0) is 11.3 Å². The van der Waals surface area contributed by atoms with Gasteiger partial charge in [-0.25, -0.2) is 0 Å². The van der Waals surface area contributed by atoms with E-state index in [2.05, 4.69) is 24.3 Å². The number of aromatic nitrogens is 2. The van der Waals surface area contributed by atoms with Gasteiger partial charge in [-0.05, 0) is 13.8 Å². The Bertz CT molecular complexity index is 330. The molecule has 5 heteroatoms. The van der Waals surface area contributed by atoms with Crippen molar-refractivity contribution >= 4 is 11.6 Å². The van der Waals surface area contributed by atoms with Gasteiger partial charge in [0.1, 0.15) is 6.54 Å². The van der Waals surface area contributed by atoms with E-state index in [9.17, 15) is 4.79 Å². The number of rotatable bonds is 4. The first-order valence-electron chi connectivity index (χ1n) is 4.98. The Kier molecular flexibility index (Phi) is 3.71. The van der Waals surface area contributed by atoms with Crippen LogP contribution in [-0.4, -0.2) is 40.7 Å². The molecule has 0 aromatic carbocycles. The standard InChI is InChI=1S/C10H18N4O/c1-8(2)12-9-5-11-14(6-9)7-10(15)13(3)4/h5-6,8,12H,7H2,1-4H3. The van der Waals surface area contributed by atoms with Crippen molar-refractivity contribution in [3.05, 3.63) is 12.4 Å². The van der Waals surface area contributed by atoms with Crippen LogP contribution in [0.4, 0.5) is 5.69 Å². The van der Waals surface area contributed by atoms with Gasteiger partial charge in [0.15, 0.2) is 0 Å². The van der Waals surface area contributed by atoms with Crippen LogP contribution in [0.25, 0.3) is 0 Å². The molecule has 1 rings (SSSR count). The third-order valence-electron chi connectivity index (χ3n) is 1.88. The summed E-state index contributed by atoms with van der Waals surface area (Å²) in [6, 6.07) is 0.368. The lowest BCUT2D eigenvalue weighted by molar-refractivity contribution is -0.129. The van der Waals surface area contributed by atoms with E-state index in [0.29, 0.717) is 6.04 Å². The number of hydrogen-bond acceptors (Lipinski definition) is 3. The highest BCUT2D eigenvalue weighted by Gasteiger charge is 2.06. The van der Waals surface area contributed by atoms with Crippen molar-refractivity contribution in [3.8, 4) is 0 Å². The van der Waals surface area contributed by atoms with E-state index in [0.717, 1.165) is 5.69 Å². The fourth-order valence-corrected chi connectivity index (χ4v) is 1.14. The first-order chi connectivity index (χ1) is 6.99. The average Bonchev–Trinajstić information content (AvgIpc) is 2.51. The maximum atomic E-state index is 11.4. The molecular formula is C10H18N4O. The smallest absolute Gasteiger partial charge is 0.243 e. The summed E-state index contributed by atoms with van der Waals surface area (Å²) in [4.78, 5) is 12.9. The molecule has 0 fully saturated rings. The zero-order valence-corrected chi connectivity index (χ0v) is 9.69. The molecule has 1 N–H and O–H groups in total. The molecule has 0 saturated heterocycles. The van der Waals surface area contributed by atoms with E-state index in [1.165, 1.54) is 0 Å². The minimum Gasteiger partial charge on any atom is -0.380 e. The maximum Gasteiger partial charge on any atom is 0.243 e. The SMILES string of the molecule is CC(C)Nc1cnn(CC(=O)N(C)C)c1. The summed E-state index contributed by atoms with van der Waals surface area (Å²) in [6.07, 6.45) is 3.56. The summed E-state index contributed by atoms with van der Waals surface area (Å²) >= 11 is 0. The number of anilines is 1. The van der Waals surface area contributed by atoms with Crippen LogP contribution in [0, 0.1) is 0 Å². The number of carbonyl (C=O) groups is 1. The van der Waals surface area contributed by atoms with Crippen LogP contribution >= 0.6 is 0 Å². The highest BCUT2D eigenvalue weighted by molar-refractivity contribution is 5.75. The quantitative estimate of drug-likeness (QED) is 0.799. The molecule has 0 spiro atoms. The number of amides is 1. The molecule has 0 bridgehead atoms. The molecule has 0 unspecified atom stereocenters. The summed E-state index contributed by atoms with van der Waals surface area (Å²) in [7, 11) is 3.47. The molecule has 1 amide bonds. The summed E-state index contributed by atoms with van der Waals surface area (Å²) in [6.45, 7) is 4.40. The average molecular weight is 210 g/mol. The van der Waals surface area contributed by atoms with Gasteiger partial charge in [0.2, 0.25) is 5.91 Å². The zero-order chi connectivity index (χ0) is 11.4. The highest BCUT2D eigenvalue weighted by Crippen LogP contribution is 2.06. The predicted octanol–water partition coefficient (Wildman–Crippen LogP) is 0.792. The van der Waals surface area contributed by atoms with E-state index in [1.807, 2.05) is 6.20 Å². The fourth-order valence-electron chi connectivity index (χ4n) is 1.14. The number of likely N-dealkylation sites (N-methyl/N-ethyl adjacent to an activating group) is 1. The van der Waals surface area contributed by atoms with Crippen molar-refractivity contribution in [3.63, 3.8) is 0 Å². The minimum atomic E-state index is 0.0363. The van der Waals surface area contributed by atoms with Gasteiger partial charge in [0.25, 0.3) is 0 Å². The highest BCUT2D eigenvalue weighted by atomic mass is 16.2. The molecule has 1 aromatic rings. The largest absolute Gasteiger partial charge is 0.380 e. The summed E-state index contributed by atoms with van der Waals surface area (Å²) in [5, 5.41) is 7.32. The van der Waals surface area contributed by atoms with Gasteiger partial charge >= 0.3 is 0 Å². The van der Waals surface area contributed by atoms with Crippen molar-refractivity contribution in [2.24, 2.45) is 0 Å². The van der Waals surface area contributed by atoms with Crippen molar-refractivity contribution < 1.29 is 4.79 Å². The number of nitrogens with one attached hydrogen (secondary N) is 1. The van der Waals surface area contributed by atoms with E-state index >= 15 is 0 Å². The van der Waals surface area contributed by atoms with Crippen LogP contribution in [0.3, 0.4) is 0 Å². The van der Waals surface area contributed by atoms with Gasteiger partial charge in [0, 0.05) is 26.3 Å². The van der Waals surface area contributed by atoms with Gasteiger partial charge in [-0.15, -0.1) is 0 Å². The molecule has 1 aromatic heterocycles. The predicted molar refractivity (Wildman–Crippen MR) is 59.7 cm³/mol. The first-order valence-corrected chi connectivity index (χ1v) is 4.98. The maximum absolute atomic E-state index is 11.4. The number of hydrogen-bond donors (Lipinski definition) is 1.